The Morgan fingerprint density at radius 3 is 2.39 bits per heavy atom. The zero-order chi connectivity index (χ0) is 20.5. The van der Waals surface area contributed by atoms with Crippen LogP contribution in [0.2, 0.25) is 0 Å². The Kier molecular flexibility index (Phi) is 5.63. The normalized spacial score (nSPS) is 27.5. The molecule has 1 aliphatic heterocycles. The zero-order valence-corrected chi connectivity index (χ0v) is 17.0. The number of benzene rings is 1. The molecule has 0 spiro atoms. The number of nitrogens with zero attached hydrogens (tertiary/aromatic N) is 2. The SMILES string of the molecule is COc1ccc([C@]2(C)NC(=O)N(CC(=O)N(C)C3CCC(C)CC3)C2=O)cc1. The number of hydrogen-bond acceptors (Lipinski definition) is 4. The first-order valence-electron chi connectivity index (χ1n) is 9.80. The minimum absolute atomic E-state index is 0.178. The van der Waals surface area contributed by atoms with Gasteiger partial charge in [-0.25, -0.2) is 4.79 Å². The lowest BCUT2D eigenvalue weighted by molar-refractivity contribution is -0.139. The number of likely N-dealkylation sites (N-methyl/N-ethyl adjacent to an activating group) is 1. The summed E-state index contributed by atoms with van der Waals surface area (Å²) in [7, 11) is 3.33. The topological polar surface area (TPSA) is 79.0 Å². The quantitative estimate of drug-likeness (QED) is 0.788. The third-order valence-electron chi connectivity index (χ3n) is 6.16. The van der Waals surface area contributed by atoms with Crippen LogP contribution in [0, 0.1) is 5.92 Å². The standard InChI is InChI=1S/C21H29N3O4/c1-14-5-9-16(10-6-14)23(3)18(25)13-24-19(26)21(2,22-20(24)27)15-7-11-17(28-4)12-8-15/h7-8,11-12,14,16H,5-6,9-10,13H2,1-4H3,(H,22,27)/t14?,16?,21-/m0/s1. The van der Waals surface area contributed by atoms with E-state index in [1.165, 1.54) is 0 Å². The maximum Gasteiger partial charge on any atom is 0.325 e. The highest BCUT2D eigenvalue weighted by atomic mass is 16.5. The van der Waals surface area contributed by atoms with E-state index in [-0.39, 0.29) is 18.5 Å². The Morgan fingerprint density at radius 2 is 1.82 bits per heavy atom. The number of carbonyl (C=O) groups is 3. The monoisotopic (exact) mass is 387 g/mol. The second-order valence-electron chi connectivity index (χ2n) is 8.09. The first-order valence-corrected chi connectivity index (χ1v) is 9.80. The van der Waals surface area contributed by atoms with Gasteiger partial charge in [0.05, 0.1) is 7.11 Å². The number of methoxy groups -OCH3 is 1. The first-order chi connectivity index (χ1) is 13.3. The van der Waals surface area contributed by atoms with Crippen molar-refractivity contribution >= 4 is 17.8 Å². The average molecular weight is 387 g/mol. The Morgan fingerprint density at radius 1 is 1.21 bits per heavy atom. The number of nitrogens with one attached hydrogen (secondary N) is 1. The Hall–Kier alpha value is -2.57. The number of carbonyl (C=O) groups excluding carboxylic acids is 3. The van der Waals surface area contributed by atoms with Crippen LogP contribution in [0.25, 0.3) is 0 Å². The van der Waals surface area contributed by atoms with Gasteiger partial charge in [0.1, 0.15) is 17.8 Å². The van der Waals surface area contributed by atoms with E-state index in [4.69, 9.17) is 4.74 Å². The third kappa shape index (κ3) is 3.70. The number of hydrogen-bond donors (Lipinski definition) is 1. The highest BCUT2D eigenvalue weighted by molar-refractivity contribution is 6.09. The predicted molar refractivity (Wildman–Crippen MR) is 105 cm³/mol. The van der Waals surface area contributed by atoms with Crippen LogP contribution in [-0.2, 0) is 15.1 Å². The van der Waals surface area contributed by atoms with Crippen LogP contribution < -0.4 is 10.1 Å². The molecule has 0 bridgehead atoms. The Balaban J connectivity index is 1.69. The number of rotatable bonds is 5. The molecule has 28 heavy (non-hydrogen) atoms. The maximum absolute atomic E-state index is 13.0. The van der Waals surface area contributed by atoms with Gasteiger partial charge in [-0.2, -0.15) is 0 Å². The second kappa shape index (κ2) is 7.81. The summed E-state index contributed by atoms with van der Waals surface area (Å²) in [6, 6.07) is 6.62. The molecule has 1 atom stereocenters. The van der Waals surface area contributed by atoms with Crippen LogP contribution in [0.1, 0.15) is 45.1 Å². The number of urea groups is 1. The molecule has 2 aliphatic rings. The fourth-order valence-corrected chi connectivity index (χ4v) is 4.04. The summed E-state index contributed by atoms with van der Waals surface area (Å²) >= 11 is 0. The van der Waals surface area contributed by atoms with Gasteiger partial charge in [0.2, 0.25) is 5.91 Å². The van der Waals surface area contributed by atoms with E-state index in [1.54, 1.807) is 50.2 Å². The average Bonchev–Trinajstić information content (AvgIpc) is 2.92. The molecule has 1 aromatic carbocycles. The third-order valence-corrected chi connectivity index (χ3v) is 6.16. The summed E-state index contributed by atoms with van der Waals surface area (Å²) in [5.74, 6) is 0.735. The summed E-state index contributed by atoms with van der Waals surface area (Å²) in [6.07, 6.45) is 4.13. The lowest BCUT2D eigenvalue weighted by Crippen LogP contribution is -2.47. The summed E-state index contributed by atoms with van der Waals surface area (Å²) < 4.78 is 5.14. The zero-order valence-electron chi connectivity index (χ0n) is 17.0. The van der Waals surface area contributed by atoms with E-state index >= 15 is 0 Å². The van der Waals surface area contributed by atoms with Crippen molar-refractivity contribution in [3.63, 3.8) is 0 Å². The van der Waals surface area contributed by atoms with Gasteiger partial charge in [-0.3, -0.25) is 14.5 Å². The van der Waals surface area contributed by atoms with Crippen molar-refractivity contribution in [2.45, 2.75) is 51.1 Å². The lowest BCUT2D eigenvalue weighted by Gasteiger charge is -2.34. The number of imide groups is 1. The number of ether oxygens (including phenoxy) is 1. The van der Waals surface area contributed by atoms with E-state index < -0.39 is 17.5 Å². The van der Waals surface area contributed by atoms with Gasteiger partial charge in [-0.15, -0.1) is 0 Å². The van der Waals surface area contributed by atoms with Gasteiger partial charge in [0.25, 0.3) is 5.91 Å². The minimum Gasteiger partial charge on any atom is -0.497 e. The Bertz CT molecular complexity index is 755. The van der Waals surface area contributed by atoms with Crippen molar-refractivity contribution in [1.29, 1.82) is 0 Å². The molecule has 1 aliphatic carbocycles. The van der Waals surface area contributed by atoms with Crippen molar-refractivity contribution in [2.75, 3.05) is 20.7 Å². The molecule has 1 aromatic rings. The lowest BCUT2D eigenvalue weighted by atomic mass is 9.87. The molecule has 1 heterocycles. The van der Waals surface area contributed by atoms with Gasteiger partial charge in [-0.1, -0.05) is 19.1 Å². The van der Waals surface area contributed by atoms with Crippen molar-refractivity contribution in [3.05, 3.63) is 29.8 Å². The molecular formula is C21H29N3O4. The molecule has 3 rings (SSSR count). The highest BCUT2D eigenvalue weighted by Gasteiger charge is 2.49. The van der Waals surface area contributed by atoms with Crippen molar-refractivity contribution in [3.8, 4) is 5.75 Å². The van der Waals surface area contributed by atoms with Gasteiger partial charge in [0, 0.05) is 13.1 Å². The summed E-state index contributed by atoms with van der Waals surface area (Å²) in [6.45, 7) is 3.65. The molecule has 7 nitrogen and oxygen atoms in total. The largest absolute Gasteiger partial charge is 0.497 e. The van der Waals surface area contributed by atoms with Gasteiger partial charge in [-0.05, 0) is 56.2 Å². The molecule has 0 aromatic heterocycles. The smallest absolute Gasteiger partial charge is 0.325 e. The second-order valence-corrected chi connectivity index (χ2v) is 8.09. The summed E-state index contributed by atoms with van der Waals surface area (Å²) in [5, 5.41) is 2.74. The van der Waals surface area contributed by atoms with Gasteiger partial charge >= 0.3 is 6.03 Å². The van der Waals surface area contributed by atoms with Crippen LogP contribution in [0.3, 0.4) is 0 Å². The van der Waals surface area contributed by atoms with E-state index in [1.807, 2.05) is 0 Å². The van der Waals surface area contributed by atoms with E-state index in [2.05, 4.69) is 12.2 Å². The molecule has 2 fully saturated rings. The fraction of sp³-hybridized carbons (Fsp3) is 0.571. The molecule has 152 valence electrons. The molecule has 7 heteroatoms. The van der Waals surface area contributed by atoms with Crippen LogP contribution in [-0.4, -0.2) is 54.4 Å². The minimum atomic E-state index is -1.19. The first kappa shape index (κ1) is 20.2. The van der Waals surface area contributed by atoms with Crippen LogP contribution in [0.15, 0.2) is 24.3 Å². The predicted octanol–water partition coefficient (Wildman–Crippen LogP) is 2.50. The van der Waals surface area contributed by atoms with Crippen molar-refractivity contribution in [2.24, 2.45) is 5.92 Å². The van der Waals surface area contributed by atoms with Crippen molar-refractivity contribution < 1.29 is 19.1 Å². The van der Waals surface area contributed by atoms with Crippen LogP contribution in [0.4, 0.5) is 4.79 Å². The van der Waals surface area contributed by atoms with E-state index in [0.29, 0.717) is 17.2 Å². The molecule has 4 amide bonds. The molecule has 1 saturated heterocycles. The molecule has 1 N–H and O–H groups in total. The van der Waals surface area contributed by atoms with Crippen molar-refractivity contribution in [1.82, 2.24) is 15.1 Å². The summed E-state index contributed by atoms with van der Waals surface area (Å²) in [4.78, 5) is 40.9. The van der Waals surface area contributed by atoms with E-state index in [0.717, 1.165) is 30.6 Å². The van der Waals surface area contributed by atoms with E-state index in [9.17, 15) is 14.4 Å². The Labute approximate surface area is 166 Å². The summed E-state index contributed by atoms with van der Waals surface area (Å²) in [5.41, 5.74) is -0.543. The molecular weight excluding hydrogens is 358 g/mol. The maximum atomic E-state index is 13.0. The molecule has 0 radical (unpaired) electrons. The molecule has 0 unspecified atom stereocenters. The van der Waals surface area contributed by atoms with Gasteiger partial charge in [0.15, 0.2) is 0 Å². The number of amides is 4. The highest BCUT2D eigenvalue weighted by Crippen LogP contribution is 2.31. The van der Waals surface area contributed by atoms with Crippen LogP contribution >= 0.6 is 0 Å². The fourth-order valence-electron chi connectivity index (χ4n) is 4.04. The van der Waals surface area contributed by atoms with Gasteiger partial charge < -0.3 is 15.0 Å². The molecule has 1 saturated carbocycles. The van der Waals surface area contributed by atoms with Crippen LogP contribution in [0.5, 0.6) is 5.75 Å².